The monoisotopic (exact) mass is 244 g/mol. The van der Waals surface area contributed by atoms with Crippen LogP contribution in [0.3, 0.4) is 0 Å². The van der Waals surface area contributed by atoms with Crippen molar-refractivity contribution in [1.82, 2.24) is 0 Å². The molecule has 18 heavy (non-hydrogen) atoms. The summed E-state index contributed by atoms with van der Waals surface area (Å²) >= 11 is 0. The average Bonchev–Trinajstić information content (AvgIpc) is 3.02. The SMILES string of the molecule is NCCCC1Cc2ccccc2N1C1CCCC1. The first-order chi connectivity index (χ1) is 8.90. The van der Waals surface area contributed by atoms with E-state index in [9.17, 15) is 0 Å². The molecule has 2 N–H and O–H groups in total. The molecule has 1 fully saturated rings. The highest BCUT2D eigenvalue weighted by Gasteiger charge is 2.34. The van der Waals surface area contributed by atoms with Crippen molar-refractivity contribution in [3.8, 4) is 0 Å². The molecule has 1 heterocycles. The predicted molar refractivity (Wildman–Crippen MR) is 77.0 cm³/mol. The van der Waals surface area contributed by atoms with Crippen molar-refractivity contribution >= 4 is 5.69 Å². The van der Waals surface area contributed by atoms with Crippen molar-refractivity contribution < 1.29 is 0 Å². The van der Waals surface area contributed by atoms with Crippen LogP contribution in [0.15, 0.2) is 24.3 Å². The molecule has 2 nitrogen and oxygen atoms in total. The topological polar surface area (TPSA) is 29.3 Å². The number of nitrogens with two attached hydrogens (primary N) is 1. The van der Waals surface area contributed by atoms with E-state index in [1.54, 1.807) is 5.56 Å². The number of fused-ring (bicyclic) bond motifs is 1. The number of nitrogens with zero attached hydrogens (tertiary/aromatic N) is 1. The summed E-state index contributed by atoms with van der Waals surface area (Å²) in [5.41, 5.74) is 8.75. The molecule has 3 rings (SSSR count). The van der Waals surface area contributed by atoms with Gasteiger partial charge in [-0.15, -0.1) is 0 Å². The van der Waals surface area contributed by atoms with Crippen molar-refractivity contribution in [3.05, 3.63) is 29.8 Å². The smallest absolute Gasteiger partial charge is 0.0404 e. The minimum absolute atomic E-state index is 0.703. The third kappa shape index (κ3) is 2.14. The van der Waals surface area contributed by atoms with Gasteiger partial charge >= 0.3 is 0 Å². The van der Waals surface area contributed by atoms with E-state index in [0.29, 0.717) is 6.04 Å². The normalized spacial score (nSPS) is 23.6. The van der Waals surface area contributed by atoms with Crippen molar-refractivity contribution in [3.63, 3.8) is 0 Å². The molecule has 2 heteroatoms. The number of hydrogen-bond donors (Lipinski definition) is 1. The van der Waals surface area contributed by atoms with Gasteiger partial charge in [-0.2, -0.15) is 0 Å². The molecule has 0 radical (unpaired) electrons. The summed E-state index contributed by atoms with van der Waals surface area (Å²) in [5.74, 6) is 0. The van der Waals surface area contributed by atoms with Crippen LogP contribution in [-0.4, -0.2) is 18.6 Å². The van der Waals surface area contributed by atoms with Crippen LogP contribution in [0.5, 0.6) is 0 Å². The molecule has 98 valence electrons. The molecule has 2 aliphatic rings. The van der Waals surface area contributed by atoms with Crippen LogP contribution in [-0.2, 0) is 6.42 Å². The van der Waals surface area contributed by atoms with Crippen LogP contribution in [0.4, 0.5) is 5.69 Å². The first kappa shape index (κ1) is 12.0. The van der Waals surface area contributed by atoms with Gasteiger partial charge in [0.25, 0.3) is 0 Å². The standard InChI is InChI=1S/C16H24N2/c17-11-5-9-15-12-13-6-1-4-10-16(13)18(15)14-7-2-3-8-14/h1,4,6,10,14-15H,2-3,5,7-9,11-12,17H2. The third-order valence-corrected chi connectivity index (χ3v) is 4.58. The fourth-order valence-corrected chi connectivity index (χ4v) is 3.76. The van der Waals surface area contributed by atoms with Gasteiger partial charge < -0.3 is 10.6 Å². The van der Waals surface area contributed by atoms with Crippen LogP contribution in [0.2, 0.25) is 0 Å². The summed E-state index contributed by atoms with van der Waals surface area (Å²) in [6.07, 6.45) is 9.22. The zero-order chi connectivity index (χ0) is 12.4. The summed E-state index contributed by atoms with van der Waals surface area (Å²) in [4.78, 5) is 2.73. The number of para-hydroxylation sites is 1. The van der Waals surface area contributed by atoms with Crippen LogP contribution >= 0.6 is 0 Å². The van der Waals surface area contributed by atoms with E-state index in [-0.39, 0.29) is 0 Å². The van der Waals surface area contributed by atoms with E-state index in [4.69, 9.17) is 5.73 Å². The largest absolute Gasteiger partial charge is 0.365 e. The maximum atomic E-state index is 5.69. The maximum Gasteiger partial charge on any atom is 0.0404 e. The second-order valence-electron chi connectivity index (χ2n) is 5.76. The number of rotatable bonds is 4. The van der Waals surface area contributed by atoms with Crippen LogP contribution < -0.4 is 10.6 Å². The average molecular weight is 244 g/mol. The number of benzene rings is 1. The summed E-state index contributed by atoms with van der Waals surface area (Å²) in [7, 11) is 0. The van der Waals surface area contributed by atoms with Crippen molar-refractivity contribution in [1.29, 1.82) is 0 Å². The molecule has 1 atom stereocenters. The Kier molecular flexibility index (Phi) is 3.55. The molecule has 0 spiro atoms. The lowest BCUT2D eigenvalue weighted by atomic mass is 10.0. The first-order valence-electron chi connectivity index (χ1n) is 7.46. The molecule has 1 unspecified atom stereocenters. The fraction of sp³-hybridized carbons (Fsp3) is 0.625. The molecule has 1 aromatic carbocycles. The summed E-state index contributed by atoms with van der Waals surface area (Å²) in [6.45, 7) is 0.825. The predicted octanol–water partition coefficient (Wildman–Crippen LogP) is 3.10. The van der Waals surface area contributed by atoms with E-state index in [1.807, 2.05) is 0 Å². The van der Waals surface area contributed by atoms with E-state index in [0.717, 1.165) is 19.0 Å². The Labute approximate surface area is 110 Å². The Balaban J connectivity index is 1.83. The maximum absolute atomic E-state index is 5.69. The quantitative estimate of drug-likeness (QED) is 0.882. The zero-order valence-electron chi connectivity index (χ0n) is 11.1. The zero-order valence-corrected chi connectivity index (χ0v) is 11.1. The lowest BCUT2D eigenvalue weighted by Gasteiger charge is -2.33. The van der Waals surface area contributed by atoms with E-state index < -0.39 is 0 Å². The molecule has 1 saturated carbocycles. The van der Waals surface area contributed by atoms with Crippen LogP contribution in [0.25, 0.3) is 0 Å². The number of hydrogen-bond acceptors (Lipinski definition) is 2. The Morgan fingerprint density at radius 2 is 1.94 bits per heavy atom. The third-order valence-electron chi connectivity index (χ3n) is 4.58. The minimum Gasteiger partial charge on any atom is -0.365 e. The van der Waals surface area contributed by atoms with E-state index in [2.05, 4.69) is 29.2 Å². The van der Waals surface area contributed by atoms with Gasteiger partial charge in [0, 0.05) is 17.8 Å². The summed E-state index contributed by atoms with van der Waals surface area (Å²) in [5, 5.41) is 0. The Bertz CT molecular complexity index is 396. The van der Waals surface area contributed by atoms with Gasteiger partial charge in [-0.3, -0.25) is 0 Å². The highest BCUT2D eigenvalue weighted by atomic mass is 15.2. The lowest BCUT2D eigenvalue weighted by molar-refractivity contribution is 0.494. The second kappa shape index (κ2) is 5.31. The molecule has 1 aliphatic heterocycles. The van der Waals surface area contributed by atoms with Crippen molar-refractivity contribution in [2.45, 2.75) is 57.0 Å². The number of anilines is 1. The van der Waals surface area contributed by atoms with Gasteiger partial charge in [-0.05, 0) is 50.3 Å². The minimum atomic E-state index is 0.703. The second-order valence-corrected chi connectivity index (χ2v) is 5.76. The molecule has 0 aromatic heterocycles. The molecule has 0 amide bonds. The molecule has 1 aromatic rings. The van der Waals surface area contributed by atoms with Crippen molar-refractivity contribution in [2.75, 3.05) is 11.4 Å². The summed E-state index contributed by atoms with van der Waals surface area (Å²) < 4.78 is 0. The van der Waals surface area contributed by atoms with Crippen molar-refractivity contribution in [2.24, 2.45) is 5.73 Å². The Morgan fingerprint density at radius 3 is 2.72 bits per heavy atom. The van der Waals surface area contributed by atoms with E-state index in [1.165, 1.54) is 44.2 Å². The van der Waals surface area contributed by atoms with Crippen LogP contribution in [0.1, 0.15) is 44.1 Å². The lowest BCUT2D eigenvalue weighted by Crippen LogP contribution is -2.39. The van der Waals surface area contributed by atoms with Gasteiger partial charge in [0.05, 0.1) is 0 Å². The molecule has 1 aliphatic carbocycles. The van der Waals surface area contributed by atoms with Gasteiger partial charge in [-0.25, -0.2) is 0 Å². The molecular formula is C16H24N2. The molecule has 0 saturated heterocycles. The fourth-order valence-electron chi connectivity index (χ4n) is 3.76. The van der Waals surface area contributed by atoms with Gasteiger partial charge in [-0.1, -0.05) is 31.0 Å². The van der Waals surface area contributed by atoms with Gasteiger partial charge in [0.15, 0.2) is 0 Å². The Morgan fingerprint density at radius 1 is 1.17 bits per heavy atom. The first-order valence-corrected chi connectivity index (χ1v) is 7.46. The van der Waals surface area contributed by atoms with Gasteiger partial charge in [0.1, 0.15) is 0 Å². The van der Waals surface area contributed by atoms with Gasteiger partial charge in [0.2, 0.25) is 0 Å². The van der Waals surface area contributed by atoms with Crippen LogP contribution in [0, 0.1) is 0 Å². The summed E-state index contributed by atoms with van der Waals surface area (Å²) in [6, 6.07) is 10.5. The highest BCUT2D eigenvalue weighted by molar-refractivity contribution is 5.60. The molecule has 0 bridgehead atoms. The molecular weight excluding hydrogens is 220 g/mol. The highest BCUT2D eigenvalue weighted by Crippen LogP contribution is 2.39. The Hall–Kier alpha value is -1.02. The van der Waals surface area contributed by atoms with E-state index >= 15 is 0 Å².